The zero-order valence-electron chi connectivity index (χ0n) is 12.7. The average Bonchev–Trinajstić information content (AvgIpc) is 2.96. The molecule has 0 saturated carbocycles. The van der Waals surface area contributed by atoms with Crippen molar-refractivity contribution in [1.29, 1.82) is 0 Å². The minimum atomic E-state index is 0.147. The topological polar surface area (TPSA) is 30.7 Å². The molecule has 0 radical (unpaired) electrons. The van der Waals surface area contributed by atoms with Crippen molar-refractivity contribution < 1.29 is 0 Å². The molecule has 0 saturated heterocycles. The van der Waals surface area contributed by atoms with Crippen molar-refractivity contribution in [3.05, 3.63) is 47.5 Å². The molecule has 0 fully saturated rings. The van der Waals surface area contributed by atoms with Crippen LogP contribution in [0.5, 0.6) is 0 Å². The van der Waals surface area contributed by atoms with Gasteiger partial charge in [0.2, 0.25) is 0 Å². The number of nitrogens with zero attached hydrogens (tertiary/aromatic N) is 3. The van der Waals surface area contributed by atoms with E-state index in [1.807, 2.05) is 0 Å². The first-order valence-corrected chi connectivity index (χ1v) is 8.81. The van der Waals surface area contributed by atoms with E-state index in [2.05, 4.69) is 68.8 Å². The highest BCUT2D eigenvalue weighted by molar-refractivity contribution is 9.09. The predicted molar refractivity (Wildman–Crippen MR) is 89.0 cm³/mol. The SMILES string of the molecule is CC(C)n1ncnc1CC1(CBr)CCCc2ccccc21. The molecule has 21 heavy (non-hydrogen) atoms. The van der Waals surface area contributed by atoms with Crippen LogP contribution in [-0.2, 0) is 18.3 Å². The monoisotopic (exact) mass is 347 g/mol. The molecular formula is C17H22BrN3. The average molecular weight is 348 g/mol. The highest BCUT2D eigenvalue weighted by Crippen LogP contribution is 2.41. The summed E-state index contributed by atoms with van der Waals surface area (Å²) < 4.78 is 2.06. The molecule has 0 amide bonds. The van der Waals surface area contributed by atoms with E-state index in [-0.39, 0.29) is 5.41 Å². The molecule has 0 N–H and O–H groups in total. The summed E-state index contributed by atoms with van der Waals surface area (Å²) in [4.78, 5) is 4.53. The smallest absolute Gasteiger partial charge is 0.138 e. The lowest BCUT2D eigenvalue weighted by Crippen LogP contribution is -2.36. The second-order valence-electron chi connectivity index (χ2n) is 6.32. The number of alkyl halides is 1. The number of hydrogen-bond acceptors (Lipinski definition) is 2. The Bertz CT molecular complexity index is 620. The lowest BCUT2D eigenvalue weighted by Gasteiger charge is -2.38. The third-order valence-corrected chi connectivity index (χ3v) is 5.65. The van der Waals surface area contributed by atoms with Crippen molar-refractivity contribution in [3.8, 4) is 0 Å². The van der Waals surface area contributed by atoms with Gasteiger partial charge in [0.05, 0.1) is 0 Å². The van der Waals surface area contributed by atoms with Crippen LogP contribution in [0, 0.1) is 0 Å². The Balaban J connectivity index is 2.00. The molecule has 1 atom stereocenters. The quantitative estimate of drug-likeness (QED) is 0.780. The summed E-state index contributed by atoms with van der Waals surface area (Å²) >= 11 is 3.79. The summed E-state index contributed by atoms with van der Waals surface area (Å²) in [6, 6.07) is 9.24. The van der Waals surface area contributed by atoms with Crippen molar-refractivity contribution in [1.82, 2.24) is 14.8 Å². The maximum absolute atomic E-state index is 4.53. The molecule has 1 aromatic heterocycles. The van der Waals surface area contributed by atoms with Gasteiger partial charge in [0, 0.05) is 23.2 Å². The maximum Gasteiger partial charge on any atom is 0.138 e. The van der Waals surface area contributed by atoms with E-state index in [0.29, 0.717) is 6.04 Å². The van der Waals surface area contributed by atoms with Crippen molar-refractivity contribution in [2.24, 2.45) is 0 Å². The number of hydrogen-bond donors (Lipinski definition) is 0. The minimum Gasteiger partial charge on any atom is -0.248 e. The Labute approximate surface area is 134 Å². The van der Waals surface area contributed by atoms with Gasteiger partial charge in [-0.1, -0.05) is 40.2 Å². The molecule has 0 bridgehead atoms. The number of benzene rings is 1. The Hall–Kier alpha value is -1.16. The fourth-order valence-corrected chi connectivity index (χ4v) is 4.29. The first-order valence-electron chi connectivity index (χ1n) is 7.69. The largest absolute Gasteiger partial charge is 0.248 e. The summed E-state index contributed by atoms with van der Waals surface area (Å²) in [5.74, 6) is 1.10. The summed E-state index contributed by atoms with van der Waals surface area (Å²) in [5.41, 5.74) is 3.14. The van der Waals surface area contributed by atoms with Gasteiger partial charge < -0.3 is 0 Å². The fourth-order valence-electron chi connectivity index (χ4n) is 3.51. The molecule has 3 nitrogen and oxygen atoms in total. The van der Waals surface area contributed by atoms with Crippen LogP contribution < -0.4 is 0 Å². The van der Waals surface area contributed by atoms with Gasteiger partial charge in [0.15, 0.2) is 0 Å². The van der Waals surface area contributed by atoms with Crippen LogP contribution >= 0.6 is 15.9 Å². The Morgan fingerprint density at radius 1 is 1.33 bits per heavy atom. The molecule has 1 aliphatic rings. The van der Waals surface area contributed by atoms with E-state index in [0.717, 1.165) is 17.6 Å². The standard InChI is InChI=1S/C17H22BrN3/c1-13(2)21-16(19-12-20-21)10-17(11-18)9-5-7-14-6-3-4-8-15(14)17/h3-4,6,8,12-13H,5,7,9-11H2,1-2H3. The van der Waals surface area contributed by atoms with Crippen LogP contribution in [0.2, 0.25) is 0 Å². The number of rotatable bonds is 4. The van der Waals surface area contributed by atoms with E-state index >= 15 is 0 Å². The summed E-state index contributed by atoms with van der Waals surface area (Å²) in [6.07, 6.45) is 6.29. The maximum atomic E-state index is 4.53. The third-order valence-electron chi connectivity index (χ3n) is 4.58. The van der Waals surface area contributed by atoms with E-state index in [9.17, 15) is 0 Å². The molecular weight excluding hydrogens is 326 g/mol. The second kappa shape index (κ2) is 5.91. The summed E-state index contributed by atoms with van der Waals surface area (Å²) in [7, 11) is 0. The van der Waals surface area contributed by atoms with Crippen molar-refractivity contribution in [2.45, 2.75) is 51.0 Å². The van der Waals surface area contributed by atoms with Crippen molar-refractivity contribution >= 4 is 15.9 Å². The van der Waals surface area contributed by atoms with Gasteiger partial charge in [-0.3, -0.25) is 0 Å². The third kappa shape index (κ3) is 2.66. The van der Waals surface area contributed by atoms with Crippen molar-refractivity contribution in [2.75, 3.05) is 5.33 Å². The van der Waals surface area contributed by atoms with Gasteiger partial charge in [-0.15, -0.1) is 0 Å². The first kappa shape index (κ1) is 14.8. The molecule has 4 heteroatoms. The van der Waals surface area contributed by atoms with E-state index in [1.165, 1.54) is 30.4 Å². The summed E-state index contributed by atoms with van der Waals surface area (Å²) in [6.45, 7) is 4.32. The molecule has 112 valence electrons. The molecule has 3 rings (SSSR count). The number of fused-ring (bicyclic) bond motifs is 1. The van der Waals surface area contributed by atoms with E-state index in [4.69, 9.17) is 0 Å². The van der Waals surface area contributed by atoms with Gasteiger partial charge in [-0.05, 0) is 44.2 Å². The zero-order chi connectivity index (χ0) is 14.9. The highest BCUT2D eigenvalue weighted by Gasteiger charge is 2.37. The van der Waals surface area contributed by atoms with Crippen LogP contribution in [0.3, 0.4) is 0 Å². The number of halogens is 1. The number of aryl methyl sites for hydroxylation is 1. The van der Waals surface area contributed by atoms with Gasteiger partial charge >= 0.3 is 0 Å². The molecule has 1 aromatic carbocycles. The number of aromatic nitrogens is 3. The lowest BCUT2D eigenvalue weighted by molar-refractivity contribution is 0.376. The van der Waals surface area contributed by atoms with Crippen LogP contribution in [0.4, 0.5) is 0 Å². The van der Waals surface area contributed by atoms with Crippen LogP contribution in [0.15, 0.2) is 30.6 Å². The predicted octanol–water partition coefficient (Wildman–Crippen LogP) is 4.07. The molecule has 1 aliphatic carbocycles. The van der Waals surface area contributed by atoms with Gasteiger partial charge in [-0.25, -0.2) is 9.67 Å². The molecule has 1 unspecified atom stereocenters. The molecule has 0 spiro atoms. The molecule has 2 aromatic rings. The minimum absolute atomic E-state index is 0.147. The van der Waals surface area contributed by atoms with E-state index < -0.39 is 0 Å². The fraction of sp³-hybridized carbons (Fsp3) is 0.529. The van der Waals surface area contributed by atoms with Crippen LogP contribution in [-0.4, -0.2) is 20.1 Å². The Morgan fingerprint density at radius 2 is 2.14 bits per heavy atom. The first-order chi connectivity index (χ1) is 10.2. The Kier molecular flexibility index (Phi) is 4.16. The van der Waals surface area contributed by atoms with Gasteiger partial charge in [-0.2, -0.15) is 5.10 Å². The molecule has 0 aliphatic heterocycles. The summed E-state index contributed by atoms with van der Waals surface area (Å²) in [5, 5.41) is 5.37. The van der Waals surface area contributed by atoms with Gasteiger partial charge in [0.25, 0.3) is 0 Å². The van der Waals surface area contributed by atoms with E-state index in [1.54, 1.807) is 6.33 Å². The highest BCUT2D eigenvalue weighted by atomic mass is 79.9. The normalized spacial score (nSPS) is 21.5. The lowest BCUT2D eigenvalue weighted by atomic mass is 9.69. The molecule has 1 heterocycles. The van der Waals surface area contributed by atoms with Crippen molar-refractivity contribution in [3.63, 3.8) is 0 Å². The van der Waals surface area contributed by atoms with Gasteiger partial charge in [0.1, 0.15) is 12.2 Å². The zero-order valence-corrected chi connectivity index (χ0v) is 14.3. The van der Waals surface area contributed by atoms with Crippen LogP contribution in [0.1, 0.15) is 49.7 Å². The second-order valence-corrected chi connectivity index (χ2v) is 6.88. The Morgan fingerprint density at radius 3 is 2.90 bits per heavy atom. The van der Waals surface area contributed by atoms with Crippen LogP contribution in [0.25, 0.3) is 0 Å².